The van der Waals surface area contributed by atoms with Crippen molar-refractivity contribution < 1.29 is 13.2 Å². The average Bonchev–Trinajstić information content (AvgIpc) is 3.21. The number of rotatable bonds is 5. The number of hydrogen-bond donors (Lipinski definition) is 1. The van der Waals surface area contributed by atoms with E-state index in [1.807, 2.05) is 30.5 Å². The van der Waals surface area contributed by atoms with E-state index in [1.54, 1.807) is 47.7 Å². The lowest BCUT2D eigenvalue weighted by molar-refractivity contribution is -0.120. The number of carbonyl (C=O) groups is 1. The molecule has 0 aliphatic carbocycles. The van der Waals surface area contributed by atoms with E-state index >= 15 is 0 Å². The highest BCUT2D eigenvalue weighted by molar-refractivity contribution is 7.89. The van der Waals surface area contributed by atoms with Crippen LogP contribution in [-0.2, 0) is 14.8 Å². The third kappa shape index (κ3) is 4.30. The number of thiazole rings is 1. The maximum absolute atomic E-state index is 13.1. The lowest BCUT2D eigenvalue weighted by atomic mass is 10.0. The van der Waals surface area contributed by atoms with Crippen LogP contribution >= 0.6 is 11.3 Å². The highest BCUT2D eigenvalue weighted by Gasteiger charge is 2.37. The van der Waals surface area contributed by atoms with Crippen molar-refractivity contribution in [3.63, 3.8) is 0 Å². The van der Waals surface area contributed by atoms with Crippen molar-refractivity contribution in [1.29, 1.82) is 0 Å². The van der Waals surface area contributed by atoms with Gasteiger partial charge in [0.05, 0.1) is 15.6 Å². The molecule has 1 atom stereocenters. The monoisotopic (exact) mass is 441 g/mol. The van der Waals surface area contributed by atoms with E-state index in [4.69, 9.17) is 0 Å². The fourth-order valence-electron chi connectivity index (χ4n) is 3.66. The second-order valence-corrected chi connectivity index (χ2v) is 10.2. The minimum Gasteiger partial charge on any atom is -0.325 e. The first kappa shape index (κ1) is 20.7. The lowest BCUT2D eigenvalue weighted by Gasteiger charge is -2.33. The number of benzene rings is 2. The largest absolute Gasteiger partial charge is 0.325 e. The molecular weight excluding hydrogens is 418 g/mol. The molecule has 2 heterocycles. The molecule has 1 aromatic heterocycles. The summed E-state index contributed by atoms with van der Waals surface area (Å²) in [6.07, 6.45) is 2.06. The molecular formula is C22H23N3O3S2. The molecule has 8 heteroatoms. The van der Waals surface area contributed by atoms with Crippen molar-refractivity contribution in [2.75, 3.05) is 11.9 Å². The number of nitrogens with zero attached hydrogens (tertiary/aromatic N) is 2. The van der Waals surface area contributed by atoms with Crippen LogP contribution in [0.3, 0.4) is 0 Å². The lowest BCUT2D eigenvalue weighted by Crippen LogP contribution is -2.49. The third-order valence-corrected chi connectivity index (χ3v) is 7.85. The SMILES string of the molecule is Cc1nc(-c2cccc(NC(=O)[C@H]3CCCCN3S(=O)(=O)c3ccccc3)c2)cs1. The normalized spacial score (nSPS) is 17.6. The predicted octanol–water partition coefficient (Wildman–Crippen LogP) is 4.30. The molecule has 0 bridgehead atoms. The van der Waals surface area contributed by atoms with E-state index in [2.05, 4.69) is 10.3 Å². The molecule has 1 saturated heterocycles. The van der Waals surface area contributed by atoms with Crippen LogP contribution in [0.15, 0.2) is 64.9 Å². The molecule has 1 aliphatic heterocycles. The van der Waals surface area contributed by atoms with Crippen molar-refractivity contribution in [2.24, 2.45) is 0 Å². The summed E-state index contributed by atoms with van der Waals surface area (Å²) in [5, 5.41) is 5.87. The molecule has 0 spiro atoms. The van der Waals surface area contributed by atoms with Gasteiger partial charge in [-0.1, -0.05) is 36.8 Å². The summed E-state index contributed by atoms with van der Waals surface area (Å²) >= 11 is 1.57. The summed E-state index contributed by atoms with van der Waals surface area (Å²) in [7, 11) is -3.73. The summed E-state index contributed by atoms with van der Waals surface area (Å²) in [5.41, 5.74) is 2.40. The Morgan fingerprint density at radius 2 is 1.93 bits per heavy atom. The van der Waals surface area contributed by atoms with Gasteiger partial charge in [0.15, 0.2) is 0 Å². The summed E-state index contributed by atoms with van der Waals surface area (Å²) in [6.45, 7) is 2.29. The summed E-state index contributed by atoms with van der Waals surface area (Å²) in [5.74, 6) is -0.305. The molecule has 3 aromatic rings. The topological polar surface area (TPSA) is 79.4 Å². The Labute approximate surface area is 180 Å². The molecule has 0 unspecified atom stereocenters. The third-order valence-electron chi connectivity index (χ3n) is 5.15. The molecule has 2 aromatic carbocycles. The number of nitrogens with one attached hydrogen (secondary N) is 1. The Bertz CT molecular complexity index is 1140. The highest BCUT2D eigenvalue weighted by atomic mass is 32.2. The van der Waals surface area contributed by atoms with Crippen LogP contribution in [0.25, 0.3) is 11.3 Å². The zero-order valence-electron chi connectivity index (χ0n) is 16.6. The smallest absolute Gasteiger partial charge is 0.243 e. The maximum Gasteiger partial charge on any atom is 0.243 e. The van der Waals surface area contributed by atoms with Crippen LogP contribution in [0.5, 0.6) is 0 Å². The van der Waals surface area contributed by atoms with Gasteiger partial charge in [-0.2, -0.15) is 4.31 Å². The minimum atomic E-state index is -3.73. The van der Waals surface area contributed by atoms with E-state index in [0.717, 1.165) is 29.1 Å². The average molecular weight is 442 g/mol. The number of anilines is 1. The van der Waals surface area contributed by atoms with Crippen molar-refractivity contribution in [3.8, 4) is 11.3 Å². The molecule has 0 saturated carbocycles. The van der Waals surface area contributed by atoms with E-state index in [0.29, 0.717) is 18.7 Å². The van der Waals surface area contributed by atoms with Gasteiger partial charge in [0, 0.05) is 23.2 Å². The van der Waals surface area contributed by atoms with E-state index in [-0.39, 0.29) is 10.8 Å². The maximum atomic E-state index is 13.1. The van der Waals surface area contributed by atoms with Crippen LogP contribution in [0, 0.1) is 6.92 Å². The van der Waals surface area contributed by atoms with Crippen LogP contribution < -0.4 is 5.32 Å². The second-order valence-electron chi connectivity index (χ2n) is 7.26. The van der Waals surface area contributed by atoms with Crippen molar-refractivity contribution in [2.45, 2.75) is 37.1 Å². The van der Waals surface area contributed by atoms with E-state index in [1.165, 1.54) is 4.31 Å². The number of aryl methyl sites for hydroxylation is 1. The van der Waals surface area contributed by atoms with Crippen LogP contribution in [-0.4, -0.2) is 36.2 Å². The molecule has 30 heavy (non-hydrogen) atoms. The predicted molar refractivity (Wildman–Crippen MR) is 119 cm³/mol. The molecule has 156 valence electrons. The van der Waals surface area contributed by atoms with Gasteiger partial charge in [-0.15, -0.1) is 11.3 Å². The van der Waals surface area contributed by atoms with Crippen LogP contribution in [0.2, 0.25) is 0 Å². The summed E-state index contributed by atoms with van der Waals surface area (Å²) in [4.78, 5) is 17.8. The zero-order chi connectivity index (χ0) is 21.1. The van der Waals surface area contributed by atoms with Crippen molar-refractivity contribution >= 4 is 33.0 Å². The van der Waals surface area contributed by atoms with Gasteiger partial charge in [-0.05, 0) is 44.0 Å². The van der Waals surface area contributed by atoms with E-state index in [9.17, 15) is 13.2 Å². The number of aromatic nitrogens is 1. The molecule has 1 N–H and O–H groups in total. The summed E-state index contributed by atoms with van der Waals surface area (Å²) in [6, 6.07) is 15.0. The zero-order valence-corrected chi connectivity index (χ0v) is 18.2. The first-order valence-corrected chi connectivity index (χ1v) is 12.2. The molecule has 1 fully saturated rings. The van der Waals surface area contributed by atoms with Gasteiger partial charge < -0.3 is 5.32 Å². The highest BCUT2D eigenvalue weighted by Crippen LogP contribution is 2.28. The molecule has 1 aliphatic rings. The fourth-order valence-corrected chi connectivity index (χ4v) is 5.96. The van der Waals surface area contributed by atoms with Gasteiger partial charge in [0.25, 0.3) is 0 Å². The van der Waals surface area contributed by atoms with E-state index < -0.39 is 16.1 Å². The number of sulfonamides is 1. The first-order chi connectivity index (χ1) is 14.4. The van der Waals surface area contributed by atoms with Crippen LogP contribution in [0.4, 0.5) is 5.69 Å². The van der Waals surface area contributed by atoms with Gasteiger partial charge in [0.1, 0.15) is 6.04 Å². The molecule has 4 rings (SSSR count). The Hall–Kier alpha value is -2.55. The van der Waals surface area contributed by atoms with Gasteiger partial charge in [0.2, 0.25) is 15.9 Å². The number of carbonyl (C=O) groups excluding carboxylic acids is 1. The molecule has 0 radical (unpaired) electrons. The van der Waals surface area contributed by atoms with Gasteiger partial charge in [-0.3, -0.25) is 4.79 Å². The Balaban J connectivity index is 1.56. The van der Waals surface area contributed by atoms with Crippen molar-refractivity contribution in [1.82, 2.24) is 9.29 Å². The second kappa shape index (κ2) is 8.67. The number of hydrogen-bond acceptors (Lipinski definition) is 5. The first-order valence-electron chi connectivity index (χ1n) is 9.85. The quantitative estimate of drug-likeness (QED) is 0.640. The van der Waals surface area contributed by atoms with Gasteiger partial charge >= 0.3 is 0 Å². The molecule has 1 amide bonds. The summed E-state index contributed by atoms with van der Waals surface area (Å²) < 4.78 is 27.6. The Morgan fingerprint density at radius 1 is 1.13 bits per heavy atom. The van der Waals surface area contributed by atoms with Crippen LogP contribution in [0.1, 0.15) is 24.3 Å². The Kier molecular flexibility index (Phi) is 5.99. The molecule has 6 nitrogen and oxygen atoms in total. The number of amides is 1. The fraction of sp³-hybridized carbons (Fsp3) is 0.273. The van der Waals surface area contributed by atoms with Gasteiger partial charge in [-0.25, -0.2) is 13.4 Å². The standard InChI is InChI=1S/C22H23N3O3S2/c1-16-23-20(15-29-16)17-8-7-9-18(14-17)24-22(26)21-12-5-6-13-25(21)30(27,28)19-10-3-2-4-11-19/h2-4,7-11,14-15,21H,5-6,12-13H2,1H3,(H,24,26)/t21-/m1/s1. The number of piperidine rings is 1. The minimum absolute atomic E-state index is 0.214. The van der Waals surface area contributed by atoms with Crippen molar-refractivity contribution in [3.05, 3.63) is 65.0 Å². The Morgan fingerprint density at radius 3 is 2.67 bits per heavy atom.